The molecule has 0 fully saturated rings. The highest BCUT2D eigenvalue weighted by atomic mass is 16.5. The van der Waals surface area contributed by atoms with Gasteiger partial charge >= 0.3 is 6.09 Å². The summed E-state index contributed by atoms with van der Waals surface area (Å²) in [5.74, 6) is 0.724. The third-order valence-corrected chi connectivity index (χ3v) is 2.55. The van der Waals surface area contributed by atoms with E-state index >= 15 is 0 Å². The van der Waals surface area contributed by atoms with Crippen molar-refractivity contribution in [3.8, 4) is 5.75 Å². The van der Waals surface area contributed by atoms with E-state index in [0.29, 0.717) is 6.54 Å². The Morgan fingerprint density at radius 2 is 2.25 bits per heavy atom. The number of amides is 1. The predicted octanol–water partition coefficient (Wildman–Crippen LogP) is 2.51. The van der Waals surface area contributed by atoms with Gasteiger partial charge in [0.05, 0.1) is 11.8 Å². The van der Waals surface area contributed by atoms with Crippen LogP contribution in [-0.4, -0.2) is 23.8 Å². The number of anilines is 1. The lowest BCUT2D eigenvalue weighted by Gasteiger charge is -2.15. The summed E-state index contributed by atoms with van der Waals surface area (Å²) >= 11 is 0. The van der Waals surface area contributed by atoms with E-state index in [2.05, 4.69) is 0 Å². The van der Waals surface area contributed by atoms with Crippen LogP contribution in [0, 0.1) is 0 Å². The van der Waals surface area contributed by atoms with Gasteiger partial charge in [-0.25, -0.2) is 4.79 Å². The van der Waals surface area contributed by atoms with Gasteiger partial charge < -0.3 is 9.84 Å². The molecule has 1 aliphatic heterocycles. The van der Waals surface area contributed by atoms with Gasteiger partial charge in [-0.1, -0.05) is 6.07 Å². The molecule has 0 saturated carbocycles. The maximum Gasteiger partial charge on any atom is 0.411 e. The number of hydrogen-bond donors (Lipinski definition) is 1. The fourth-order valence-corrected chi connectivity index (χ4v) is 1.90. The standard InChI is InChI=1S/C12H15NO3/c1-8(2)16-10-4-3-9-5-6-13(12(14)15)11(9)7-10/h3-4,7-8H,5-6H2,1-2H3,(H,14,15). The second kappa shape index (κ2) is 4.04. The number of carboxylic acid groups (broad SMARTS) is 1. The second-order valence-corrected chi connectivity index (χ2v) is 4.14. The van der Waals surface area contributed by atoms with Gasteiger partial charge in [-0.3, -0.25) is 4.90 Å². The lowest BCUT2D eigenvalue weighted by Crippen LogP contribution is -2.26. The number of rotatable bonds is 2. The van der Waals surface area contributed by atoms with Crippen molar-refractivity contribution in [1.82, 2.24) is 0 Å². The maximum atomic E-state index is 11.0. The second-order valence-electron chi connectivity index (χ2n) is 4.14. The third-order valence-electron chi connectivity index (χ3n) is 2.55. The van der Waals surface area contributed by atoms with Gasteiger partial charge in [0.2, 0.25) is 0 Å². The van der Waals surface area contributed by atoms with Crippen molar-refractivity contribution < 1.29 is 14.6 Å². The summed E-state index contributed by atoms with van der Waals surface area (Å²) in [5.41, 5.74) is 1.82. The molecule has 0 aromatic heterocycles. The highest BCUT2D eigenvalue weighted by Crippen LogP contribution is 2.32. The Morgan fingerprint density at radius 3 is 2.88 bits per heavy atom. The minimum Gasteiger partial charge on any atom is -0.491 e. The van der Waals surface area contributed by atoms with E-state index in [1.54, 1.807) is 6.07 Å². The van der Waals surface area contributed by atoms with E-state index in [-0.39, 0.29) is 6.10 Å². The normalized spacial score (nSPS) is 14.1. The Labute approximate surface area is 94.4 Å². The molecule has 0 bridgehead atoms. The Kier molecular flexibility index (Phi) is 2.73. The van der Waals surface area contributed by atoms with Crippen LogP contribution in [-0.2, 0) is 6.42 Å². The zero-order valence-corrected chi connectivity index (χ0v) is 9.43. The van der Waals surface area contributed by atoms with Gasteiger partial charge in [-0.2, -0.15) is 0 Å². The summed E-state index contributed by atoms with van der Waals surface area (Å²) in [6, 6.07) is 5.64. The third kappa shape index (κ3) is 1.96. The van der Waals surface area contributed by atoms with E-state index in [1.165, 1.54) is 4.90 Å². The van der Waals surface area contributed by atoms with Gasteiger partial charge in [0.1, 0.15) is 5.75 Å². The first-order valence-electron chi connectivity index (χ1n) is 5.38. The van der Waals surface area contributed by atoms with Crippen molar-refractivity contribution in [2.45, 2.75) is 26.4 Å². The Balaban J connectivity index is 2.30. The molecule has 1 N–H and O–H groups in total. The first-order chi connectivity index (χ1) is 7.58. The van der Waals surface area contributed by atoms with Crippen LogP contribution in [0.2, 0.25) is 0 Å². The molecule has 86 valence electrons. The van der Waals surface area contributed by atoms with Crippen LogP contribution in [0.5, 0.6) is 5.75 Å². The van der Waals surface area contributed by atoms with Gasteiger partial charge in [0, 0.05) is 12.6 Å². The molecule has 1 heterocycles. The molecule has 1 aromatic rings. The Hall–Kier alpha value is -1.71. The number of ether oxygens (including phenoxy) is 1. The molecule has 0 saturated heterocycles. The number of benzene rings is 1. The Morgan fingerprint density at radius 1 is 1.50 bits per heavy atom. The highest BCUT2D eigenvalue weighted by Gasteiger charge is 2.24. The molecular weight excluding hydrogens is 206 g/mol. The lowest BCUT2D eigenvalue weighted by atomic mass is 10.1. The summed E-state index contributed by atoms with van der Waals surface area (Å²) in [6.45, 7) is 4.43. The molecule has 0 radical (unpaired) electrons. The summed E-state index contributed by atoms with van der Waals surface area (Å²) in [7, 11) is 0. The van der Waals surface area contributed by atoms with Crippen molar-refractivity contribution in [2.75, 3.05) is 11.4 Å². The van der Waals surface area contributed by atoms with Gasteiger partial charge in [-0.05, 0) is 31.9 Å². The Bertz CT molecular complexity index is 415. The van der Waals surface area contributed by atoms with Gasteiger partial charge in [-0.15, -0.1) is 0 Å². The minimum atomic E-state index is -0.902. The molecule has 1 amide bonds. The molecule has 0 atom stereocenters. The van der Waals surface area contributed by atoms with Crippen LogP contribution in [0.15, 0.2) is 18.2 Å². The SMILES string of the molecule is CC(C)Oc1ccc2c(c1)N(C(=O)O)CC2. The molecule has 4 nitrogen and oxygen atoms in total. The van der Waals surface area contributed by atoms with Crippen LogP contribution in [0.3, 0.4) is 0 Å². The minimum absolute atomic E-state index is 0.0951. The van der Waals surface area contributed by atoms with Gasteiger partial charge in [0.15, 0.2) is 0 Å². The molecule has 4 heteroatoms. The molecule has 1 aromatic carbocycles. The smallest absolute Gasteiger partial charge is 0.411 e. The zero-order valence-electron chi connectivity index (χ0n) is 9.43. The van der Waals surface area contributed by atoms with Crippen LogP contribution in [0.25, 0.3) is 0 Å². The number of nitrogens with zero attached hydrogens (tertiary/aromatic N) is 1. The monoisotopic (exact) mass is 221 g/mol. The van der Waals surface area contributed by atoms with Crippen LogP contribution in [0.1, 0.15) is 19.4 Å². The van der Waals surface area contributed by atoms with Crippen LogP contribution >= 0.6 is 0 Å². The molecule has 2 rings (SSSR count). The molecule has 0 unspecified atom stereocenters. The van der Waals surface area contributed by atoms with E-state index in [4.69, 9.17) is 9.84 Å². The van der Waals surface area contributed by atoms with Gasteiger partial charge in [0.25, 0.3) is 0 Å². The summed E-state index contributed by atoms with van der Waals surface area (Å²) in [5, 5.41) is 9.02. The van der Waals surface area contributed by atoms with Crippen molar-refractivity contribution in [3.05, 3.63) is 23.8 Å². The quantitative estimate of drug-likeness (QED) is 0.834. The topological polar surface area (TPSA) is 49.8 Å². The highest BCUT2D eigenvalue weighted by molar-refractivity contribution is 5.89. The fraction of sp³-hybridized carbons (Fsp3) is 0.417. The van der Waals surface area contributed by atoms with Crippen molar-refractivity contribution in [3.63, 3.8) is 0 Å². The molecule has 0 spiro atoms. The summed E-state index contributed by atoms with van der Waals surface area (Å²) in [6.07, 6.45) is -0.0259. The van der Waals surface area contributed by atoms with E-state index in [9.17, 15) is 4.79 Å². The average molecular weight is 221 g/mol. The lowest BCUT2D eigenvalue weighted by molar-refractivity contribution is 0.202. The maximum absolute atomic E-state index is 11.0. The average Bonchev–Trinajstić information content (AvgIpc) is 2.59. The first kappa shape index (κ1) is 10.8. The largest absolute Gasteiger partial charge is 0.491 e. The predicted molar refractivity (Wildman–Crippen MR) is 61.3 cm³/mol. The van der Waals surface area contributed by atoms with Crippen molar-refractivity contribution in [1.29, 1.82) is 0 Å². The van der Waals surface area contributed by atoms with Crippen LogP contribution < -0.4 is 9.64 Å². The number of carbonyl (C=O) groups is 1. The van der Waals surface area contributed by atoms with E-state index in [0.717, 1.165) is 23.4 Å². The summed E-state index contributed by atoms with van der Waals surface area (Å²) < 4.78 is 5.55. The van der Waals surface area contributed by atoms with E-state index < -0.39 is 6.09 Å². The van der Waals surface area contributed by atoms with Crippen molar-refractivity contribution in [2.24, 2.45) is 0 Å². The molecular formula is C12H15NO3. The first-order valence-corrected chi connectivity index (χ1v) is 5.38. The molecule has 0 aliphatic carbocycles. The fourth-order valence-electron chi connectivity index (χ4n) is 1.90. The number of hydrogen-bond acceptors (Lipinski definition) is 2. The zero-order chi connectivity index (χ0) is 11.7. The molecule has 16 heavy (non-hydrogen) atoms. The molecule has 1 aliphatic rings. The number of fused-ring (bicyclic) bond motifs is 1. The van der Waals surface area contributed by atoms with Crippen molar-refractivity contribution >= 4 is 11.8 Å². The van der Waals surface area contributed by atoms with Crippen LogP contribution in [0.4, 0.5) is 10.5 Å². The van der Waals surface area contributed by atoms with E-state index in [1.807, 2.05) is 26.0 Å². The summed E-state index contributed by atoms with van der Waals surface area (Å²) in [4.78, 5) is 12.3.